The summed E-state index contributed by atoms with van der Waals surface area (Å²) in [6.45, 7) is 9.02. The van der Waals surface area contributed by atoms with Gasteiger partial charge in [-0.05, 0) is 27.7 Å². The molecule has 0 spiro atoms. The minimum atomic E-state index is -1.12. The van der Waals surface area contributed by atoms with Gasteiger partial charge >= 0.3 is 0 Å². The molecule has 0 amide bonds. The van der Waals surface area contributed by atoms with E-state index in [1.807, 2.05) is 6.92 Å². The van der Waals surface area contributed by atoms with Crippen LogP contribution in [0, 0.1) is 6.92 Å². The lowest BCUT2D eigenvalue weighted by molar-refractivity contribution is 0.207. The average Bonchev–Trinajstić information content (AvgIpc) is 1.59. The van der Waals surface area contributed by atoms with Crippen LogP contribution in [0.2, 0.25) is 0 Å². The number of nitrogens with one attached hydrogen (secondary N) is 1. The standard InChI is InChI=1S/C7H15FN/c1-6(2)9-5-7(3,4)8/h6,9H,1,5H2,2-4H3/t6-/m1/s1. The summed E-state index contributed by atoms with van der Waals surface area (Å²) in [6.07, 6.45) is 0. The van der Waals surface area contributed by atoms with Crippen molar-refractivity contribution in [1.82, 2.24) is 5.32 Å². The zero-order chi connectivity index (χ0) is 7.49. The molecule has 0 aliphatic rings. The zero-order valence-corrected chi connectivity index (χ0v) is 6.37. The number of hydrogen-bond acceptors (Lipinski definition) is 1. The first-order valence-electron chi connectivity index (χ1n) is 3.17. The van der Waals surface area contributed by atoms with Crippen LogP contribution in [0.15, 0.2) is 0 Å². The molecule has 0 aromatic rings. The summed E-state index contributed by atoms with van der Waals surface area (Å²) in [6, 6.07) is 0.125. The molecule has 0 aromatic heterocycles. The molecule has 1 N–H and O–H groups in total. The maximum Gasteiger partial charge on any atom is 0.117 e. The van der Waals surface area contributed by atoms with Crippen molar-refractivity contribution in [3.63, 3.8) is 0 Å². The maximum atomic E-state index is 12.7. The quantitative estimate of drug-likeness (QED) is 0.614. The fourth-order valence-electron chi connectivity index (χ4n) is 0.417. The van der Waals surface area contributed by atoms with Crippen LogP contribution in [0.4, 0.5) is 4.39 Å². The highest BCUT2D eigenvalue weighted by molar-refractivity contribution is 4.72. The molecule has 0 fully saturated rings. The fraction of sp³-hybridized carbons (Fsp3) is 0.857. The fourth-order valence-corrected chi connectivity index (χ4v) is 0.417. The van der Waals surface area contributed by atoms with Gasteiger partial charge in [0.1, 0.15) is 5.67 Å². The molecule has 0 bridgehead atoms. The highest BCUT2D eigenvalue weighted by Gasteiger charge is 2.14. The SMILES string of the molecule is [CH2][C@H](C)NCC(C)(C)F. The summed E-state index contributed by atoms with van der Waals surface area (Å²) >= 11 is 0. The van der Waals surface area contributed by atoms with Crippen LogP contribution < -0.4 is 5.32 Å². The van der Waals surface area contributed by atoms with Gasteiger partial charge in [-0.3, -0.25) is 0 Å². The third-order valence-corrected chi connectivity index (χ3v) is 0.871. The first kappa shape index (κ1) is 8.89. The molecule has 0 heterocycles. The average molecular weight is 132 g/mol. The van der Waals surface area contributed by atoms with Crippen LogP contribution in [0.1, 0.15) is 20.8 Å². The van der Waals surface area contributed by atoms with Crippen molar-refractivity contribution in [2.75, 3.05) is 6.54 Å². The largest absolute Gasteiger partial charge is 0.311 e. The molecule has 0 rings (SSSR count). The van der Waals surface area contributed by atoms with Crippen molar-refractivity contribution in [3.05, 3.63) is 6.92 Å². The number of halogens is 1. The smallest absolute Gasteiger partial charge is 0.117 e. The number of hydrogen-bond donors (Lipinski definition) is 1. The van der Waals surface area contributed by atoms with E-state index in [2.05, 4.69) is 12.2 Å². The van der Waals surface area contributed by atoms with Crippen molar-refractivity contribution in [2.24, 2.45) is 0 Å². The first-order chi connectivity index (χ1) is 3.92. The second kappa shape index (κ2) is 3.16. The summed E-state index contributed by atoms with van der Waals surface area (Å²) in [5.41, 5.74) is -1.12. The molecule has 9 heavy (non-hydrogen) atoms. The van der Waals surface area contributed by atoms with Gasteiger partial charge in [0, 0.05) is 12.6 Å². The molecule has 0 aromatic carbocycles. The van der Waals surface area contributed by atoms with Crippen molar-refractivity contribution in [2.45, 2.75) is 32.5 Å². The van der Waals surface area contributed by atoms with Crippen LogP contribution in [0.5, 0.6) is 0 Å². The third-order valence-electron chi connectivity index (χ3n) is 0.871. The minimum absolute atomic E-state index is 0.125. The van der Waals surface area contributed by atoms with Gasteiger partial charge in [0.2, 0.25) is 0 Å². The molecule has 1 atom stereocenters. The molecule has 1 radical (unpaired) electrons. The van der Waals surface area contributed by atoms with Gasteiger partial charge < -0.3 is 5.32 Å². The third kappa shape index (κ3) is 7.89. The molecule has 0 saturated carbocycles. The van der Waals surface area contributed by atoms with E-state index < -0.39 is 5.67 Å². The Morgan fingerprint density at radius 3 is 2.22 bits per heavy atom. The van der Waals surface area contributed by atoms with E-state index in [-0.39, 0.29) is 6.04 Å². The first-order valence-corrected chi connectivity index (χ1v) is 3.17. The lowest BCUT2D eigenvalue weighted by atomic mass is 10.1. The monoisotopic (exact) mass is 132 g/mol. The number of rotatable bonds is 3. The van der Waals surface area contributed by atoms with Crippen LogP contribution >= 0.6 is 0 Å². The Morgan fingerprint density at radius 1 is 1.67 bits per heavy atom. The summed E-state index contributed by atoms with van der Waals surface area (Å²) in [7, 11) is 0. The summed E-state index contributed by atoms with van der Waals surface area (Å²) in [5.74, 6) is 0. The molecule has 55 valence electrons. The molecule has 0 aliphatic heterocycles. The lowest BCUT2D eigenvalue weighted by Crippen LogP contribution is -2.35. The lowest BCUT2D eigenvalue weighted by Gasteiger charge is -2.16. The van der Waals surface area contributed by atoms with Gasteiger partial charge in [0.05, 0.1) is 0 Å². The van der Waals surface area contributed by atoms with Crippen LogP contribution in [0.25, 0.3) is 0 Å². The summed E-state index contributed by atoms with van der Waals surface area (Å²) in [5, 5.41) is 2.90. The Labute approximate surface area is 56.6 Å². The van der Waals surface area contributed by atoms with Gasteiger partial charge in [0.25, 0.3) is 0 Å². The van der Waals surface area contributed by atoms with Crippen LogP contribution in [0.3, 0.4) is 0 Å². The van der Waals surface area contributed by atoms with Crippen molar-refractivity contribution in [1.29, 1.82) is 0 Å². The Morgan fingerprint density at radius 2 is 2.11 bits per heavy atom. The minimum Gasteiger partial charge on any atom is -0.311 e. The normalized spacial score (nSPS) is 12.7. The summed E-state index contributed by atoms with van der Waals surface area (Å²) in [4.78, 5) is 0. The molecule has 0 saturated heterocycles. The van der Waals surface area contributed by atoms with E-state index in [4.69, 9.17) is 0 Å². The Balaban J connectivity index is 3.28. The molecule has 1 nitrogen and oxygen atoms in total. The molecule has 2 heteroatoms. The molecular formula is C7H15FN. The van der Waals surface area contributed by atoms with E-state index in [9.17, 15) is 4.39 Å². The molecular weight excluding hydrogens is 117 g/mol. The van der Waals surface area contributed by atoms with Crippen molar-refractivity contribution >= 4 is 0 Å². The van der Waals surface area contributed by atoms with Gasteiger partial charge in [-0.2, -0.15) is 0 Å². The zero-order valence-electron chi connectivity index (χ0n) is 6.37. The second-order valence-electron chi connectivity index (χ2n) is 3.00. The van der Waals surface area contributed by atoms with Crippen molar-refractivity contribution in [3.8, 4) is 0 Å². The van der Waals surface area contributed by atoms with Gasteiger partial charge in [-0.25, -0.2) is 4.39 Å². The number of alkyl halides is 1. The van der Waals surface area contributed by atoms with E-state index in [1.54, 1.807) is 13.8 Å². The Bertz CT molecular complexity index is 73.5. The van der Waals surface area contributed by atoms with E-state index in [1.165, 1.54) is 0 Å². The van der Waals surface area contributed by atoms with Crippen LogP contribution in [-0.2, 0) is 0 Å². The predicted molar refractivity (Wildman–Crippen MR) is 38.0 cm³/mol. The van der Waals surface area contributed by atoms with E-state index >= 15 is 0 Å². The van der Waals surface area contributed by atoms with Gasteiger partial charge in [-0.1, -0.05) is 0 Å². The highest BCUT2D eigenvalue weighted by Crippen LogP contribution is 2.05. The van der Waals surface area contributed by atoms with E-state index in [0.717, 1.165) is 0 Å². The van der Waals surface area contributed by atoms with Crippen LogP contribution in [-0.4, -0.2) is 18.3 Å². The van der Waals surface area contributed by atoms with E-state index in [0.29, 0.717) is 6.54 Å². The van der Waals surface area contributed by atoms with Crippen molar-refractivity contribution < 1.29 is 4.39 Å². The topological polar surface area (TPSA) is 12.0 Å². The maximum absolute atomic E-state index is 12.7. The predicted octanol–water partition coefficient (Wildman–Crippen LogP) is 1.55. The summed E-state index contributed by atoms with van der Waals surface area (Å²) < 4.78 is 12.7. The Hall–Kier alpha value is -0.110. The molecule has 0 unspecified atom stereocenters. The molecule has 0 aliphatic carbocycles. The Kier molecular flexibility index (Phi) is 3.12. The second-order valence-corrected chi connectivity index (χ2v) is 3.00. The van der Waals surface area contributed by atoms with Gasteiger partial charge in [-0.15, -0.1) is 0 Å². The highest BCUT2D eigenvalue weighted by atomic mass is 19.1. The van der Waals surface area contributed by atoms with Gasteiger partial charge in [0.15, 0.2) is 0 Å².